The van der Waals surface area contributed by atoms with Crippen LogP contribution in [-0.4, -0.2) is 19.7 Å². The number of methoxy groups -OCH3 is 1. The maximum absolute atomic E-state index is 5.25. The summed E-state index contributed by atoms with van der Waals surface area (Å²) in [5, 5.41) is 3.75. The Morgan fingerprint density at radius 2 is 1.80 bits per heavy atom. The maximum Gasteiger partial charge on any atom is 0.118 e. The van der Waals surface area contributed by atoms with Crippen molar-refractivity contribution in [3.63, 3.8) is 0 Å². The van der Waals surface area contributed by atoms with Gasteiger partial charge in [-0.2, -0.15) is 0 Å². The normalized spacial score (nSPS) is 21.1. The molecule has 1 aromatic carbocycles. The van der Waals surface area contributed by atoms with Crippen molar-refractivity contribution < 1.29 is 4.74 Å². The molecule has 2 aliphatic rings. The van der Waals surface area contributed by atoms with Crippen LogP contribution in [0.5, 0.6) is 5.75 Å². The molecule has 2 saturated carbocycles. The first-order valence-corrected chi connectivity index (χ1v) is 8.21. The van der Waals surface area contributed by atoms with Gasteiger partial charge in [0.15, 0.2) is 0 Å². The molecule has 0 radical (unpaired) electrons. The van der Waals surface area contributed by atoms with E-state index in [4.69, 9.17) is 4.74 Å². The summed E-state index contributed by atoms with van der Waals surface area (Å²) >= 11 is 0. The first-order valence-electron chi connectivity index (χ1n) is 8.21. The van der Waals surface area contributed by atoms with E-state index in [-0.39, 0.29) is 0 Å². The van der Waals surface area contributed by atoms with Crippen LogP contribution < -0.4 is 10.1 Å². The highest BCUT2D eigenvalue weighted by atomic mass is 16.5. The van der Waals surface area contributed by atoms with Crippen LogP contribution in [-0.2, 0) is 6.42 Å². The van der Waals surface area contributed by atoms with E-state index in [0.717, 1.165) is 23.6 Å². The zero-order chi connectivity index (χ0) is 13.8. The lowest BCUT2D eigenvalue weighted by molar-refractivity contribution is 0.320. The Balaban J connectivity index is 1.60. The minimum absolute atomic E-state index is 0.812. The molecule has 2 fully saturated rings. The van der Waals surface area contributed by atoms with Crippen molar-refractivity contribution in [2.75, 3.05) is 13.7 Å². The Hall–Kier alpha value is -1.02. The SMILES string of the molecule is COc1ccc(CC(CNC2CC2)C2CCCC2)cc1. The van der Waals surface area contributed by atoms with Crippen molar-refractivity contribution in [3.8, 4) is 5.75 Å². The Morgan fingerprint density at radius 3 is 2.40 bits per heavy atom. The molecule has 2 aliphatic carbocycles. The molecule has 20 heavy (non-hydrogen) atoms. The van der Waals surface area contributed by atoms with Crippen molar-refractivity contribution in [1.82, 2.24) is 5.32 Å². The van der Waals surface area contributed by atoms with E-state index in [2.05, 4.69) is 29.6 Å². The average molecular weight is 273 g/mol. The molecular formula is C18H27NO. The molecule has 1 N–H and O–H groups in total. The Kier molecular flexibility index (Phi) is 4.62. The van der Waals surface area contributed by atoms with E-state index in [1.807, 2.05) is 0 Å². The van der Waals surface area contributed by atoms with Crippen LogP contribution in [0.4, 0.5) is 0 Å². The summed E-state index contributed by atoms with van der Waals surface area (Å²) in [7, 11) is 1.73. The fraction of sp³-hybridized carbons (Fsp3) is 0.667. The molecule has 1 unspecified atom stereocenters. The molecule has 1 aromatic rings. The van der Waals surface area contributed by atoms with Crippen molar-refractivity contribution in [2.45, 2.75) is 51.0 Å². The summed E-state index contributed by atoms with van der Waals surface area (Å²) in [4.78, 5) is 0. The second-order valence-electron chi connectivity index (χ2n) is 6.54. The van der Waals surface area contributed by atoms with Gasteiger partial charge in [0.2, 0.25) is 0 Å². The lowest BCUT2D eigenvalue weighted by Crippen LogP contribution is -2.30. The summed E-state index contributed by atoms with van der Waals surface area (Å²) in [5.41, 5.74) is 1.46. The van der Waals surface area contributed by atoms with Gasteiger partial charge >= 0.3 is 0 Å². The third-order valence-electron chi connectivity index (χ3n) is 4.97. The minimum atomic E-state index is 0.812. The highest BCUT2D eigenvalue weighted by Crippen LogP contribution is 2.34. The lowest BCUT2D eigenvalue weighted by Gasteiger charge is -2.24. The number of benzene rings is 1. The Labute approximate surface area is 122 Å². The standard InChI is InChI=1S/C18H27NO/c1-20-18-10-6-14(7-11-18)12-16(13-19-17-8-9-17)15-4-2-3-5-15/h6-7,10-11,15-17,19H,2-5,8-9,12-13H2,1H3. The minimum Gasteiger partial charge on any atom is -0.497 e. The van der Waals surface area contributed by atoms with Gasteiger partial charge < -0.3 is 10.1 Å². The Morgan fingerprint density at radius 1 is 1.10 bits per heavy atom. The van der Waals surface area contributed by atoms with Gasteiger partial charge in [0.25, 0.3) is 0 Å². The van der Waals surface area contributed by atoms with Crippen LogP contribution in [0.3, 0.4) is 0 Å². The van der Waals surface area contributed by atoms with Crippen LogP contribution in [0.15, 0.2) is 24.3 Å². The summed E-state index contributed by atoms with van der Waals surface area (Å²) in [6, 6.07) is 9.48. The Bertz CT molecular complexity index is 404. The van der Waals surface area contributed by atoms with Crippen molar-refractivity contribution in [1.29, 1.82) is 0 Å². The molecule has 110 valence electrons. The molecule has 0 spiro atoms. The lowest BCUT2D eigenvalue weighted by atomic mass is 9.85. The molecule has 3 rings (SSSR count). The van der Waals surface area contributed by atoms with Crippen LogP contribution in [0.1, 0.15) is 44.1 Å². The molecule has 0 bridgehead atoms. The van der Waals surface area contributed by atoms with Gasteiger partial charge in [-0.3, -0.25) is 0 Å². The maximum atomic E-state index is 5.25. The highest BCUT2D eigenvalue weighted by molar-refractivity contribution is 5.27. The third-order valence-corrected chi connectivity index (χ3v) is 4.97. The molecule has 0 aliphatic heterocycles. The van der Waals surface area contributed by atoms with Gasteiger partial charge in [-0.25, -0.2) is 0 Å². The fourth-order valence-corrected chi connectivity index (χ4v) is 3.50. The predicted octanol–water partition coefficient (Wildman–Crippen LogP) is 3.80. The number of ether oxygens (including phenoxy) is 1. The smallest absolute Gasteiger partial charge is 0.118 e. The van der Waals surface area contributed by atoms with E-state index in [1.54, 1.807) is 7.11 Å². The fourth-order valence-electron chi connectivity index (χ4n) is 3.50. The average Bonchev–Trinajstić information content (AvgIpc) is 3.16. The van der Waals surface area contributed by atoms with E-state index in [9.17, 15) is 0 Å². The second-order valence-corrected chi connectivity index (χ2v) is 6.54. The van der Waals surface area contributed by atoms with E-state index >= 15 is 0 Å². The van der Waals surface area contributed by atoms with Gasteiger partial charge in [-0.1, -0.05) is 37.8 Å². The number of hydrogen-bond acceptors (Lipinski definition) is 2. The van der Waals surface area contributed by atoms with Gasteiger partial charge in [0.1, 0.15) is 5.75 Å². The highest BCUT2D eigenvalue weighted by Gasteiger charge is 2.28. The monoisotopic (exact) mass is 273 g/mol. The summed E-state index contributed by atoms with van der Waals surface area (Å²) in [6.07, 6.45) is 9.75. The van der Waals surface area contributed by atoms with E-state index < -0.39 is 0 Å². The largest absolute Gasteiger partial charge is 0.497 e. The summed E-state index contributed by atoms with van der Waals surface area (Å²) in [6.45, 7) is 1.21. The zero-order valence-corrected chi connectivity index (χ0v) is 12.6. The van der Waals surface area contributed by atoms with E-state index in [0.29, 0.717) is 0 Å². The zero-order valence-electron chi connectivity index (χ0n) is 12.6. The molecule has 0 saturated heterocycles. The molecule has 2 heteroatoms. The van der Waals surface area contributed by atoms with Crippen molar-refractivity contribution in [2.24, 2.45) is 11.8 Å². The molecule has 1 atom stereocenters. The van der Waals surface area contributed by atoms with Gasteiger partial charge in [0, 0.05) is 6.04 Å². The molecule has 0 heterocycles. The molecule has 0 aromatic heterocycles. The first-order chi connectivity index (χ1) is 9.85. The van der Waals surface area contributed by atoms with Crippen LogP contribution in [0.2, 0.25) is 0 Å². The number of nitrogens with one attached hydrogen (secondary N) is 1. The first kappa shape index (κ1) is 13.9. The number of rotatable bonds is 7. The summed E-state index contributed by atoms with van der Waals surface area (Å²) in [5.74, 6) is 2.71. The van der Waals surface area contributed by atoms with Crippen molar-refractivity contribution >= 4 is 0 Å². The van der Waals surface area contributed by atoms with Gasteiger partial charge in [-0.05, 0) is 55.3 Å². The third kappa shape index (κ3) is 3.76. The van der Waals surface area contributed by atoms with Crippen LogP contribution in [0, 0.1) is 11.8 Å². The molecular weight excluding hydrogens is 246 g/mol. The van der Waals surface area contributed by atoms with Crippen molar-refractivity contribution in [3.05, 3.63) is 29.8 Å². The predicted molar refractivity (Wildman–Crippen MR) is 83.2 cm³/mol. The van der Waals surface area contributed by atoms with E-state index in [1.165, 1.54) is 57.1 Å². The topological polar surface area (TPSA) is 21.3 Å². The van der Waals surface area contributed by atoms with Gasteiger partial charge in [0.05, 0.1) is 7.11 Å². The van der Waals surface area contributed by atoms with Crippen LogP contribution in [0.25, 0.3) is 0 Å². The van der Waals surface area contributed by atoms with Gasteiger partial charge in [-0.15, -0.1) is 0 Å². The second kappa shape index (κ2) is 6.62. The number of hydrogen-bond donors (Lipinski definition) is 1. The molecule has 0 amide bonds. The molecule has 2 nitrogen and oxygen atoms in total. The quantitative estimate of drug-likeness (QED) is 0.816. The van der Waals surface area contributed by atoms with Crippen LogP contribution >= 0.6 is 0 Å². The summed E-state index contributed by atoms with van der Waals surface area (Å²) < 4.78 is 5.25.